The number of carbonyl (C=O) groups is 2. The van der Waals surface area contributed by atoms with E-state index in [2.05, 4.69) is 18.3 Å². The van der Waals surface area contributed by atoms with Crippen LogP contribution in [0.15, 0.2) is 35.9 Å². The summed E-state index contributed by atoms with van der Waals surface area (Å²) in [5, 5.41) is 15.8. The van der Waals surface area contributed by atoms with Crippen molar-refractivity contribution in [3.8, 4) is 0 Å². The zero-order valence-electron chi connectivity index (χ0n) is 27.7. The fourth-order valence-electron chi connectivity index (χ4n) is 8.29. The van der Waals surface area contributed by atoms with Gasteiger partial charge in [-0.25, -0.2) is 4.98 Å². The maximum absolute atomic E-state index is 14.1. The van der Waals surface area contributed by atoms with E-state index in [0.717, 1.165) is 59.1 Å². The summed E-state index contributed by atoms with van der Waals surface area (Å²) < 4.78 is 22.9. The number of fused-ring (bicyclic) bond motifs is 8. The number of aromatic nitrogens is 1. The molecule has 2 N–H and O–H groups in total. The summed E-state index contributed by atoms with van der Waals surface area (Å²) in [4.78, 5) is 34.0. The smallest absolute Gasteiger partial charge is 0.306 e. The van der Waals surface area contributed by atoms with Gasteiger partial charge in [-0.15, -0.1) is 11.3 Å². The Kier molecular flexibility index (Phi) is 11.1. The first-order valence-corrected chi connectivity index (χ1v) is 18.2. The van der Waals surface area contributed by atoms with Crippen LogP contribution in [0.4, 0.5) is 10.8 Å². The van der Waals surface area contributed by atoms with Gasteiger partial charge in [0.1, 0.15) is 12.2 Å². The predicted molar refractivity (Wildman–Crippen MR) is 181 cm³/mol. The lowest BCUT2D eigenvalue weighted by Crippen LogP contribution is -2.36. The third-order valence-corrected chi connectivity index (χ3v) is 12.1. The molecule has 6 rings (SSSR count). The number of methoxy groups -OCH3 is 2. The monoisotopic (exact) mass is 686 g/mol. The fourth-order valence-corrected chi connectivity index (χ4v) is 9.65. The van der Waals surface area contributed by atoms with Crippen LogP contribution in [0.2, 0.25) is 5.02 Å². The van der Waals surface area contributed by atoms with E-state index in [0.29, 0.717) is 17.9 Å². The fraction of sp³-hybridized carbons (Fsp3) is 0.639. The number of nitrogens with one attached hydrogen (secondary N) is 1. The number of Topliss-reactive ketones (excluding diaryl/α,β-unsaturated/α-hetero) is 1. The molecule has 1 aromatic heterocycles. The van der Waals surface area contributed by atoms with Crippen molar-refractivity contribution in [3.05, 3.63) is 51.5 Å². The topological polar surface area (TPSA) is 116 Å². The highest BCUT2D eigenvalue weighted by Gasteiger charge is 2.56. The molecule has 2 aromatic rings. The summed E-state index contributed by atoms with van der Waals surface area (Å²) in [6.45, 7) is 4.30. The van der Waals surface area contributed by atoms with Crippen LogP contribution >= 0.6 is 22.9 Å². The number of hydrogen-bond acceptors (Lipinski definition) is 10. The Bertz CT molecular complexity index is 1450. The van der Waals surface area contributed by atoms with Gasteiger partial charge in [-0.2, -0.15) is 0 Å². The SMILES string of the molecule is CC[C@H]1CCCC[C@@H](C)C(=O)C2=CC3C(c4nc(Nc5ccc(Cl)cc5)sc4C4C[C@@H](OC(O)[C@H](COC)OC)C[C@H]43)[C@@H]2CC(=O)O1. The summed E-state index contributed by atoms with van der Waals surface area (Å²) in [5.41, 5.74) is 2.59. The van der Waals surface area contributed by atoms with Crippen LogP contribution in [0.25, 0.3) is 0 Å². The van der Waals surface area contributed by atoms with Crippen molar-refractivity contribution in [3.63, 3.8) is 0 Å². The molecule has 1 saturated carbocycles. The molecule has 47 heavy (non-hydrogen) atoms. The molecule has 0 radical (unpaired) electrons. The van der Waals surface area contributed by atoms with Crippen LogP contribution in [0.3, 0.4) is 0 Å². The van der Waals surface area contributed by atoms with Gasteiger partial charge in [0.25, 0.3) is 0 Å². The van der Waals surface area contributed by atoms with E-state index >= 15 is 0 Å². The number of halogens is 1. The number of rotatable bonds is 9. The van der Waals surface area contributed by atoms with Crippen LogP contribution in [-0.2, 0) is 28.5 Å². The standard InChI is InChI=1S/C36H47ClN2O7S/c1-5-22-9-7-6-8-19(2)33(41)27-16-25-24-14-23(46-35(42)29(44-4)18-43-3)15-28(24)34-32(31(25)26(27)17-30(40)45-22)39-36(47-34)38-21-12-10-20(37)11-13-21/h10-13,16,19,22-26,28-29,31,35,42H,5-9,14-15,17-18H2,1-4H3,(H,38,39)/t19-,22+,23+,24+,25?,26-,28?,29+,31?,35?/m1/s1. The summed E-state index contributed by atoms with van der Waals surface area (Å²) in [6, 6.07) is 7.52. The number of cyclic esters (lactones) is 1. The Morgan fingerprint density at radius 2 is 1.89 bits per heavy atom. The predicted octanol–water partition coefficient (Wildman–Crippen LogP) is 7.16. The second-order valence-corrected chi connectivity index (χ2v) is 15.1. The van der Waals surface area contributed by atoms with E-state index in [9.17, 15) is 14.7 Å². The summed E-state index contributed by atoms with van der Waals surface area (Å²) in [6.07, 6.45) is 5.99. The largest absolute Gasteiger partial charge is 0.462 e. The third-order valence-electron chi connectivity index (χ3n) is 10.7. The summed E-state index contributed by atoms with van der Waals surface area (Å²) in [5.74, 6) is -0.356. The maximum atomic E-state index is 14.1. The quantitative estimate of drug-likeness (QED) is 0.209. The van der Waals surface area contributed by atoms with Crippen molar-refractivity contribution in [2.24, 2.45) is 23.7 Å². The van der Waals surface area contributed by atoms with Gasteiger partial charge >= 0.3 is 5.97 Å². The van der Waals surface area contributed by atoms with Crippen LogP contribution in [0, 0.1) is 23.7 Å². The number of aliphatic hydroxyl groups is 1. The van der Waals surface area contributed by atoms with Crippen LogP contribution in [0.1, 0.15) is 87.6 Å². The number of nitrogens with zero attached hydrogens (tertiary/aromatic N) is 1. The summed E-state index contributed by atoms with van der Waals surface area (Å²) in [7, 11) is 3.10. The van der Waals surface area contributed by atoms with E-state index in [4.69, 9.17) is 35.5 Å². The van der Waals surface area contributed by atoms with Crippen molar-refractivity contribution in [1.29, 1.82) is 0 Å². The molecule has 0 amide bonds. The molecule has 11 heteroatoms. The van der Waals surface area contributed by atoms with Crippen molar-refractivity contribution in [1.82, 2.24) is 4.98 Å². The number of anilines is 2. The van der Waals surface area contributed by atoms with Crippen LogP contribution in [0.5, 0.6) is 0 Å². The molecule has 1 aliphatic heterocycles. The van der Waals surface area contributed by atoms with Gasteiger partial charge in [0, 0.05) is 53.5 Å². The van der Waals surface area contributed by atoms with Crippen molar-refractivity contribution in [2.75, 3.05) is 26.1 Å². The Morgan fingerprint density at radius 3 is 2.62 bits per heavy atom. The number of ether oxygens (including phenoxy) is 4. The van der Waals surface area contributed by atoms with Crippen LogP contribution in [-0.4, -0.2) is 67.3 Å². The normalized spacial score (nSPS) is 32.1. The highest BCUT2D eigenvalue weighted by molar-refractivity contribution is 7.15. The average molecular weight is 687 g/mol. The van der Waals surface area contributed by atoms with E-state index in [1.807, 2.05) is 31.2 Å². The number of ketones is 1. The van der Waals surface area contributed by atoms with Crippen molar-refractivity contribution >= 4 is 45.5 Å². The molecule has 4 aliphatic rings. The molecule has 10 atom stereocenters. The molecule has 4 unspecified atom stereocenters. The number of thiazole rings is 1. The number of esters is 1. The number of benzene rings is 1. The van der Waals surface area contributed by atoms with Crippen molar-refractivity contribution < 1.29 is 33.6 Å². The molecule has 9 nitrogen and oxygen atoms in total. The zero-order valence-corrected chi connectivity index (χ0v) is 29.2. The zero-order chi connectivity index (χ0) is 33.2. The molecular formula is C36H47ClN2O7S. The lowest BCUT2D eigenvalue weighted by atomic mass is 9.67. The molecule has 0 spiro atoms. The van der Waals surface area contributed by atoms with Gasteiger partial charge in [-0.3, -0.25) is 9.59 Å². The van der Waals surface area contributed by atoms with E-state index in [-0.39, 0.29) is 72.5 Å². The first-order chi connectivity index (χ1) is 22.7. The second kappa shape index (κ2) is 15.0. The highest BCUT2D eigenvalue weighted by atomic mass is 35.5. The summed E-state index contributed by atoms with van der Waals surface area (Å²) >= 11 is 7.77. The molecule has 1 aromatic carbocycles. The van der Waals surface area contributed by atoms with Gasteiger partial charge < -0.3 is 29.4 Å². The molecular weight excluding hydrogens is 640 g/mol. The average Bonchev–Trinajstić information content (AvgIpc) is 3.76. The Hall–Kier alpha value is -2.34. The van der Waals surface area contributed by atoms with Crippen LogP contribution < -0.4 is 5.32 Å². The van der Waals surface area contributed by atoms with Gasteiger partial charge in [0.2, 0.25) is 0 Å². The lowest BCUT2D eigenvalue weighted by molar-refractivity contribution is -0.204. The Labute approximate surface area is 286 Å². The lowest BCUT2D eigenvalue weighted by Gasteiger charge is -2.37. The van der Waals surface area contributed by atoms with E-state index in [1.165, 1.54) is 7.11 Å². The Balaban J connectivity index is 1.37. The van der Waals surface area contributed by atoms with E-state index in [1.54, 1.807) is 18.4 Å². The molecule has 0 bridgehead atoms. The van der Waals surface area contributed by atoms with Gasteiger partial charge in [-0.1, -0.05) is 37.9 Å². The minimum absolute atomic E-state index is 0.0111. The number of allylic oxidation sites excluding steroid dienone is 2. The maximum Gasteiger partial charge on any atom is 0.306 e. The molecule has 2 fully saturated rings. The van der Waals surface area contributed by atoms with E-state index < -0.39 is 12.4 Å². The first-order valence-electron chi connectivity index (χ1n) is 17.0. The Morgan fingerprint density at radius 1 is 1.13 bits per heavy atom. The number of aliphatic hydroxyl groups excluding tert-OH is 1. The molecule has 2 heterocycles. The minimum atomic E-state index is -1.13. The van der Waals surface area contributed by atoms with Gasteiger partial charge in [0.15, 0.2) is 17.2 Å². The minimum Gasteiger partial charge on any atom is -0.462 e. The number of carbonyl (C=O) groups excluding carboxylic acids is 2. The third kappa shape index (κ3) is 7.33. The van der Waals surface area contributed by atoms with Gasteiger partial charge in [-0.05, 0) is 80.2 Å². The van der Waals surface area contributed by atoms with Gasteiger partial charge in [0.05, 0.1) is 24.8 Å². The second-order valence-electron chi connectivity index (χ2n) is 13.6. The van der Waals surface area contributed by atoms with Crippen molar-refractivity contribution in [2.45, 2.75) is 102 Å². The molecule has 256 valence electrons. The molecule has 1 saturated heterocycles. The highest BCUT2D eigenvalue weighted by Crippen LogP contribution is 2.62. The first kappa shape index (κ1) is 34.5. The molecule has 3 aliphatic carbocycles. The number of hydrogen-bond donors (Lipinski definition) is 2.